The normalized spacial score (nSPS) is 54.0. The second-order valence-corrected chi connectivity index (χ2v) is 9.45. The lowest BCUT2D eigenvalue weighted by Gasteiger charge is -2.53. The largest absolute Gasteiger partial charge is 0.550 e. The molecule has 25 heavy (non-hydrogen) atoms. The van der Waals surface area contributed by atoms with Crippen LogP contribution in [0.2, 0.25) is 0 Å². The van der Waals surface area contributed by atoms with E-state index in [0.29, 0.717) is 18.8 Å². The summed E-state index contributed by atoms with van der Waals surface area (Å²) in [5.41, 5.74) is -1.07. The first-order valence-electron chi connectivity index (χ1n) is 9.38. The van der Waals surface area contributed by atoms with Gasteiger partial charge >= 0.3 is 0 Å². The minimum atomic E-state index is -1.11. The van der Waals surface area contributed by atoms with Crippen molar-refractivity contribution in [1.82, 2.24) is 0 Å². The van der Waals surface area contributed by atoms with E-state index in [1.165, 1.54) is 0 Å². The Hall–Kier alpha value is -1.20. The third kappa shape index (κ3) is 1.91. The third-order valence-corrected chi connectivity index (χ3v) is 8.34. The Morgan fingerprint density at radius 1 is 1.36 bits per heavy atom. The second-order valence-electron chi connectivity index (χ2n) is 9.45. The van der Waals surface area contributed by atoms with Crippen molar-refractivity contribution in [2.24, 2.45) is 39.9 Å². The molecule has 0 aromatic carbocycles. The maximum Gasteiger partial charge on any atom is 0.126 e. The maximum atomic E-state index is 12.3. The molecule has 2 bridgehead atoms. The molecule has 5 heteroatoms. The average Bonchev–Trinajstić information content (AvgIpc) is 2.96. The summed E-state index contributed by atoms with van der Waals surface area (Å²) in [6, 6.07) is 0. The van der Waals surface area contributed by atoms with Crippen molar-refractivity contribution in [2.75, 3.05) is 6.61 Å². The number of fused-ring (bicyclic) bond motifs is 3. The standard InChI is InChI=1S/C20H28O5/c1-11-5-19-6-12(11)3-4-14(19)20(10-22)8-13(23)7-18(2,9-21)16(20)15(19)17(24)25/h9,12-16,22-23H,1,3-8,10H2,2H3,(H,24,25)/p-1/t12-,13-,14-,15-,16-,18+,19+,20-/m1/s1. The molecule has 0 heterocycles. The number of aliphatic hydroxyl groups is 2. The van der Waals surface area contributed by atoms with Gasteiger partial charge < -0.3 is 24.9 Å². The topological polar surface area (TPSA) is 97.7 Å². The first kappa shape index (κ1) is 17.2. The summed E-state index contributed by atoms with van der Waals surface area (Å²) in [6.07, 6.45) is 3.92. The Morgan fingerprint density at radius 2 is 2.08 bits per heavy atom. The van der Waals surface area contributed by atoms with E-state index in [1.807, 2.05) is 0 Å². The molecular formula is C20H27O5-. The van der Waals surface area contributed by atoms with Gasteiger partial charge in [0.25, 0.3) is 0 Å². The highest BCUT2D eigenvalue weighted by Crippen LogP contribution is 2.77. The molecule has 4 saturated carbocycles. The first-order chi connectivity index (χ1) is 11.7. The smallest absolute Gasteiger partial charge is 0.126 e. The minimum Gasteiger partial charge on any atom is -0.550 e. The number of hydrogen-bond donors (Lipinski definition) is 2. The number of allylic oxidation sites excluding steroid dienone is 1. The molecule has 5 nitrogen and oxygen atoms in total. The Morgan fingerprint density at radius 3 is 2.68 bits per heavy atom. The molecule has 0 radical (unpaired) electrons. The number of hydrogen-bond acceptors (Lipinski definition) is 5. The number of aliphatic carboxylic acids is 1. The summed E-state index contributed by atoms with van der Waals surface area (Å²) in [5, 5.41) is 33.3. The summed E-state index contributed by atoms with van der Waals surface area (Å²) in [6.45, 7) is 5.75. The number of rotatable bonds is 3. The lowest BCUT2D eigenvalue weighted by molar-refractivity contribution is -0.318. The Bertz CT molecular complexity index is 644. The van der Waals surface area contributed by atoms with Crippen LogP contribution in [-0.2, 0) is 9.59 Å². The number of carbonyl (C=O) groups is 2. The van der Waals surface area contributed by atoms with Gasteiger partial charge in [-0.05, 0) is 61.7 Å². The highest BCUT2D eigenvalue weighted by atomic mass is 16.4. The number of carbonyl (C=O) groups excluding carboxylic acids is 2. The molecule has 8 atom stereocenters. The zero-order chi connectivity index (χ0) is 18.2. The first-order valence-corrected chi connectivity index (χ1v) is 9.38. The van der Waals surface area contributed by atoms with Gasteiger partial charge in [0, 0.05) is 29.3 Å². The van der Waals surface area contributed by atoms with Crippen LogP contribution in [0.5, 0.6) is 0 Å². The van der Waals surface area contributed by atoms with Crippen molar-refractivity contribution in [3.05, 3.63) is 12.2 Å². The van der Waals surface area contributed by atoms with Crippen molar-refractivity contribution in [3.8, 4) is 0 Å². The monoisotopic (exact) mass is 347 g/mol. The SMILES string of the molecule is C=C1C[C@]23C[C@H]1CC[C@H]2[C@]1(CO)C[C@H](O)C[C@@](C)(C=O)[C@H]1[C@@H]3C(=O)[O-]. The Balaban J connectivity index is 1.95. The highest BCUT2D eigenvalue weighted by molar-refractivity contribution is 5.73. The predicted octanol–water partition coefficient (Wildman–Crippen LogP) is 0.683. The number of carboxylic acids is 1. The molecule has 4 rings (SSSR count). The molecule has 0 unspecified atom stereocenters. The van der Waals surface area contributed by atoms with Crippen LogP contribution in [-0.4, -0.2) is 35.2 Å². The molecule has 4 aliphatic carbocycles. The molecule has 0 aromatic heterocycles. The van der Waals surface area contributed by atoms with Crippen LogP contribution in [0.1, 0.15) is 45.4 Å². The molecule has 0 aliphatic heterocycles. The fourth-order valence-electron chi connectivity index (χ4n) is 7.88. The summed E-state index contributed by atoms with van der Waals surface area (Å²) in [5.74, 6) is -2.05. The number of aldehydes is 1. The number of aliphatic hydroxyl groups excluding tert-OH is 2. The quantitative estimate of drug-likeness (QED) is 0.578. The molecule has 2 N–H and O–H groups in total. The zero-order valence-corrected chi connectivity index (χ0v) is 14.7. The minimum absolute atomic E-state index is 0.0115. The average molecular weight is 347 g/mol. The van der Waals surface area contributed by atoms with Crippen LogP contribution in [0.4, 0.5) is 0 Å². The summed E-state index contributed by atoms with van der Waals surface area (Å²) in [7, 11) is 0. The highest BCUT2D eigenvalue weighted by Gasteiger charge is 2.74. The van der Waals surface area contributed by atoms with Crippen LogP contribution in [0.25, 0.3) is 0 Å². The van der Waals surface area contributed by atoms with Gasteiger partial charge in [-0.25, -0.2) is 0 Å². The van der Waals surface area contributed by atoms with Gasteiger partial charge in [-0.15, -0.1) is 0 Å². The fourth-order valence-corrected chi connectivity index (χ4v) is 7.88. The van der Waals surface area contributed by atoms with E-state index in [2.05, 4.69) is 6.58 Å². The van der Waals surface area contributed by atoms with E-state index in [-0.39, 0.29) is 18.9 Å². The summed E-state index contributed by atoms with van der Waals surface area (Å²) in [4.78, 5) is 24.4. The maximum absolute atomic E-state index is 12.3. The van der Waals surface area contributed by atoms with Crippen LogP contribution >= 0.6 is 0 Å². The van der Waals surface area contributed by atoms with E-state index in [4.69, 9.17) is 0 Å². The molecule has 0 saturated heterocycles. The van der Waals surface area contributed by atoms with Crippen molar-refractivity contribution in [2.45, 2.75) is 51.6 Å². The van der Waals surface area contributed by atoms with Crippen molar-refractivity contribution in [1.29, 1.82) is 0 Å². The summed E-state index contributed by atoms with van der Waals surface area (Å²) >= 11 is 0. The second kappa shape index (κ2) is 5.17. The Labute approximate surface area is 148 Å². The molecule has 4 aliphatic rings. The van der Waals surface area contributed by atoms with Crippen LogP contribution in [0.15, 0.2) is 12.2 Å². The van der Waals surface area contributed by atoms with E-state index < -0.39 is 40.2 Å². The van der Waals surface area contributed by atoms with Crippen LogP contribution in [0.3, 0.4) is 0 Å². The van der Waals surface area contributed by atoms with Crippen LogP contribution in [0, 0.1) is 39.9 Å². The van der Waals surface area contributed by atoms with E-state index >= 15 is 0 Å². The molecule has 0 amide bonds. The van der Waals surface area contributed by atoms with Gasteiger partial charge in [0.05, 0.1) is 6.10 Å². The lowest BCUT2D eigenvalue weighted by Crippen LogP contribution is -2.55. The van der Waals surface area contributed by atoms with Crippen molar-refractivity contribution >= 4 is 12.3 Å². The molecular weight excluding hydrogens is 320 g/mol. The van der Waals surface area contributed by atoms with Gasteiger partial charge in [0.15, 0.2) is 0 Å². The van der Waals surface area contributed by atoms with E-state index in [0.717, 1.165) is 31.1 Å². The van der Waals surface area contributed by atoms with Crippen molar-refractivity contribution in [3.63, 3.8) is 0 Å². The fraction of sp³-hybridized carbons (Fsp3) is 0.800. The lowest BCUT2D eigenvalue weighted by atomic mass is 9.52. The van der Waals surface area contributed by atoms with Gasteiger partial charge in [0.1, 0.15) is 6.29 Å². The Kier molecular flexibility index (Phi) is 3.56. The predicted molar refractivity (Wildman–Crippen MR) is 87.9 cm³/mol. The number of carboxylic acid groups (broad SMARTS) is 1. The van der Waals surface area contributed by atoms with Gasteiger partial charge in [-0.2, -0.15) is 0 Å². The zero-order valence-electron chi connectivity index (χ0n) is 14.7. The van der Waals surface area contributed by atoms with Gasteiger partial charge in [0.2, 0.25) is 0 Å². The van der Waals surface area contributed by atoms with Crippen LogP contribution < -0.4 is 5.11 Å². The molecule has 138 valence electrons. The van der Waals surface area contributed by atoms with E-state index in [1.54, 1.807) is 6.92 Å². The molecule has 4 fully saturated rings. The summed E-state index contributed by atoms with van der Waals surface area (Å²) < 4.78 is 0. The third-order valence-electron chi connectivity index (χ3n) is 8.34. The molecule has 1 spiro atoms. The molecule has 0 aromatic rings. The van der Waals surface area contributed by atoms with Gasteiger partial charge in [-0.3, -0.25) is 0 Å². The van der Waals surface area contributed by atoms with Crippen molar-refractivity contribution < 1.29 is 24.9 Å². The van der Waals surface area contributed by atoms with Gasteiger partial charge in [-0.1, -0.05) is 19.1 Å². The van der Waals surface area contributed by atoms with E-state index in [9.17, 15) is 24.9 Å².